The first kappa shape index (κ1) is 13.8. The van der Waals surface area contributed by atoms with E-state index in [0.29, 0.717) is 26.8 Å². The largest absolute Gasteiger partial charge is 0.381 e. The molecule has 0 amide bonds. The van der Waals surface area contributed by atoms with E-state index in [0.717, 1.165) is 11.7 Å². The fraction of sp³-hybridized carbons (Fsp3) is 0.333. The van der Waals surface area contributed by atoms with Gasteiger partial charge >= 0.3 is 0 Å². The summed E-state index contributed by atoms with van der Waals surface area (Å²) in [6.45, 7) is 0.257. The monoisotopic (exact) mass is 325 g/mol. The maximum Gasteiger partial charge on any atom is 0.149 e. The molecule has 0 saturated heterocycles. The molecule has 18 heavy (non-hydrogen) atoms. The zero-order valence-electron chi connectivity index (χ0n) is 9.27. The van der Waals surface area contributed by atoms with Gasteiger partial charge in [0.2, 0.25) is 0 Å². The number of anilines is 1. The molecular weight excluding hydrogens is 317 g/mol. The van der Waals surface area contributed by atoms with Crippen LogP contribution in [-0.2, 0) is 9.84 Å². The Balaban J connectivity index is 2.30. The second kappa shape index (κ2) is 5.16. The average molecular weight is 326 g/mol. The quantitative estimate of drug-likeness (QED) is 0.934. The summed E-state index contributed by atoms with van der Waals surface area (Å²) in [6.07, 6.45) is 1.18. The van der Waals surface area contributed by atoms with Gasteiger partial charge in [-0.15, -0.1) is 0 Å². The van der Waals surface area contributed by atoms with Crippen LogP contribution in [0, 0.1) is 0 Å². The highest BCUT2D eigenvalue weighted by Gasteiger charge is 2.14. The first-order chi connectivity index (χ1) is 8.38. The summed E-state index contributed by atoms with van der Waals surface area (Å²) in [7, 11) is -3.02. The maximum absolute atomic E-state index is 11.1. The molecule has 1 aromatic heterocycles. The topological polar surface area (TPSA) is 72.0 Å². The number of nitrogens with one attached hydrogen (secondary N) is 1. The number of rotatable bonds is 4. The van der Waals surface area contributed by atoms with Gasteiger partial charge in [-0.2, -0.15) is 8.75 Å². The van der Waals surface area contributed by atoms with Crippen molar-refractivity contribution >= 4 is 61.5 Å². The molecule has 1 N–H and O–H groups in total. The van der Waals surface area contributed by atoms with Crippen molar-refractivity contribution in [2.24, 2.45) is 0 Å². The van der Waals surface area contributed by atoms with Crippen molar-refractivity contribution in [1.29, 1.82) is 0 Å². The predicted octanol–water partition coefficient (Wildman–Crippen LogP) is 2.45. The highest BCUT2D eigenvalue weighted by molar-refractivity contribution is 7.90. The number of benzene rings is 1. The molecule has 0 atom stereocenters. The second-order valence-corrected chi connectivity index (χ2v) is 7.34. The Kier molecular flexibility index (Phi) is 3.96. The van der Waals surface area contributed by atoms with E-state index in [1.54, 1.807) is 6.07 Å². The molecule has 9 heteroatoms. The van der Waals surface area contributed by atoms with Crippen molar-refractivity contribution in [2.45, 2.75) is 0 Å². The molecule has 5 nitrogen and oxygen atoms in total. The number of hydrogen-bond acceptors (Lipinski definition) is 6. The number of sulfone groups is 1. The molecule has 0 aliphatic rings. The average Bonchev–Trinajstić information content (AvgIpc) is 2.70. The standard InChI is InChI=1S/C9H9Cl2N3O2S2/c1-18(15,16)3-2-12-7-5(10)4-6(11)8-9(7)14-17-13-8/h4,12H,2-3H2,1H3. The minimum absolute atomic E-state index is 0.0189. The van der Waals surface area contributed by atoms with Gasteiger partial charge in [0.25, 0.3) is 0 Å². The SMILES string of the molecule is CS(=O)(=O)CCNc1c(Cl)cc(Cl)c2nsnc12. The van der Waals surface area contributed by atoms with Crippen molar-refractivity contribution in [3.05, 3.63) is 16.1 Å². The van der Waals surface area contributed by atoms with E-state index in [2.05, 4.69) is 14.1 Å². The normalized spacial score (nSPS) is 11.9. The minimum atomic E-state index is -3.02. The van der Waals surface area contributed by atoms with E-state index >= 15 is 0 Å². The van der Waals surface area contributed by atoms with Gasteiger partial charge in [0.15, 0.2) is 0 Å². The van der Waals surface area contributed by atoms with Crippen LogP contribution in [0.5, 0.6) is 0 Å². The highest BCUT2D eigenvalue weighted by atomic mass is 35.5. The lowest BCUT2D eigenvalue weighted by atomic mass is 10.2. The lowest BCUT2D eigenvalue weighted by Crippen LogP contribution is -2.14. The fourth-order valence-electron chi connectivity index (χ4n) is 1.40. The predicted molar refractivity (Wildman–Crippen MR) is 75.6 cm³/mol. The van der Waals surface area contributed by atoms with E-state index in [-0.39, 0.29) is 12.3 Å². The smallest absolute Gasteiger partial charge is 0.149 e. The molecule has 1 aromatic carbocycles. The van der Waals surface area contributed by atoms with Gasteiger partial charge in [0, 0.05) is 12.8 Å². The van der Waals surface area contributed by atoms with Gasteiger partial charge in [0.05, 0.1) is 33.2 Å². The molecular formula is C9H9Cl2N3O2S2. The van der Waals surface area contributed by atoms with Crippen LogP contribution in [0.15, 0.2) is 6.07 Å². The molecule has 1 heterocycles. The third-order valence-electron chi connectivity index (χ3n) is 2.22. The van der Waals surface area contributed by atoms with Crippen LogP contribution in [0.25, 0.3) is 11.0 Å². The lowest BCUT2D eigenvalue weighted by Gasteiger charge is -2.08. The Bertz CT molecular complexity index is 684. The number of hydrogen-bond donors (Lipinski definition) is 1. The van der Waals surface area contributed by atoms with E-state index < -0.39 is 9.84 Å². The van der Waals surface area contributed by atoms with Crippen molar-refractivity contribution < 1.29 is 8.42 Å². The minimum Gasteiger partial charge on any atom is -0.381 e. The Morgan fingerprint density at radius 3 is 2.61 bits per heavy atom. The molecule has 0 unspecified atom stereocenters. The van der Waals surface area contributed by atoms with E-state index in [1.165, 1.54) is 6.26 Å². The van der Waals surface area contributed by atoms with Crippen LogP contribution in [0.1, 0.15) is 0 Å². The molecule has 0 spiro atoms. The summed E-state index contributed by atoms with van der Waals surface area (Å²) in [4.78, 5) is 0. The molecule has 0 bridgehead atoms. The number of aromatic nitrogens is 2. The van der Waals surface area contributed by atoms with E-state index in [1.807, 2.05) is 0 Å². The van der Waals surface area contributed by atoms with E-state index in [4.69, 9.17) is 23.2 Å². The van der Waals surface area contributed by atoms with Gasteiger partial charge in [0.1, 0.15) is 20.9 Å². The molecule has 0 radical (unpaired) electrons. The Hall–Kier alpha value is -0.630. The van der Waals surface area contributed by atoms with Gasteiger partial charge in [-0.25, -0.2) is 8.42 Å². The van der Waals surface area contributed by atoms with Crippen molar-refractivity contribution in [3.63, 3.8) is 0 Å². The van der Waals surface area contributed by atoms with Crippen molar-refractivity contribution in [3.8, 4) is 0 Å². The van der Waals surface area contributed by atoms with Crippen LogP contribution in [-0.4, -0.2) is 35.7 Å². The van der Waals surface area contributed by atoms with Gasteiger partial charge in [-0.05, 0) is 6.07 Å². The van der Waals surface area contributed by atoms with Gasteiger partial charge in [-0.1, -0.05) is 23.2 Å². The molecule has 0 aliphatic carbocycles. The van der Waals surface area contributed by atoms with Gasteiger partial charge in [-0.3, -0.25) is 0 Å². The van der Waals surface area contributed by atoms with Crippen LogP contribution in [0.3, 0.4) is 0 Å². The summed E-state index contributed by atoms with van der Waals surface area (Å²) in [6, 6.07) is 1.57. The fourth-order valence-corrected chi connectivity index (χ4v) is 3.06. The van der Waals surface area contributed by atoms with E-state index in [9.17, 15) is 8.42 Å². The summed E-state index contributed by atoms with van der Waals surface area (Å²) < 4.78 is 30.3. The Morgan fingerprint density at radius 2 is 1.94 bits per heavy atom. The van der Waals surface area contributed by atoms with Crippen LogP contribution < -0.4 is 5.32 Å². The molecule has 0 aliphatic heterocycles. The Labute approximate surface area is 118 Å². The molecule has 2 rings (SSSR count). The van der Waals surface area contributed by atoms with Crippen LogP contribution in [0.4, 0.5) is 5.69 Å². The third-order valence-corrected chi connectivity index (χ3v) is 4.28. The summed E-state index contributed by atoms with van der Waals surface area (Å²) in [5.74, 6) is 0.0189. The number of halogens is 2. The zero-order chi connectivity index (χ0) is 13.3. The number of fused-ring (bicyclic) bond motifs is 1. The first-order valence-corrected chi connectivity index (χ1v) is 8.45. The highest BCUT2D eigenvalue weighted by Crippen LogP contribution is 2.34. The van der Waals surface area contributed by atoms with Gasteiger partial charge < -0.3 is 5.32 Å². The zero-order valence-corrected chi connectivity index (χ0v) is 12.4. The second-order valence-electron chi connectivity index (χ2n) is 3.73. The molecule has 98 valence electrons. The molecule has 0 fully saturated rings. The van der Waals surface area contributed by atoms with Crippen LogP contribution >= 0.6 is 34.9 Å². The van der Waals surface area contributed by atoms with Crippen molar-refractivity contribution in [2.75, 3.05) is 23.9 Å². The number of nitrogens with zero attached hydrogens (tertiary/aromatic N) is 2. The maximum atomic E-state index is 11.1. The molecule has 2 aromatic rings. The summed E-state index contributed by atoms with van der Waals surface area (Å²) in [5.41, 5.74) is 1.69. The van der Waals surface area contributed by atoms with Crippen LogP contribution in [0.2, 0.25) is 10.0 Å². The summed E-state index contributed by atoms with van der Waals surface area (Å²) >= 11 is 13.1. The Morgan fingerprint density at radius 1 is 1.28 bits per heavy atom. The first-order valence-electron chi connectivity index (χ1n) is 4.90. The third kappa shape index (κ3) is 3.03. The summed E-state index contributed by atoms with van der Waals surface area (Å²) in [5, 5.41) is 3.79. The molecule has 0 saturated carbocycles. The van der Waals surface area contributed by atoms with Crippen molar-refractivity contribution in [1.82, 2.24) is 8.75 Å². The lowest BCUT2D eigenvalue weighted by molar-refractivity contribution is 0.602.